The largest absolute Gasteiger partial charge is 0.387 e. The molecule has 28 heavy (non-hydrogen) atoms. The van der Waals surface area contributed by atoms with Crippen molar-refractivity contribution in [1.82, 2.24) is 8.87 Å². The Morgan fingerprint density at radius 1 is 1.11 bits per heavy atom. The predicted molar refractivity (Wildman–Crippen MR) is 103 cm³/mol. The number of sulfonamides is 2. The second-order valence-corrected chi connectivity index (χ2v) is 10.5. The average molecular weight is 428 g/mol. The normalized spacial score (nSPS) is 17.1. The van der Waals surface area contributed by atoms with Crippen molar-refractivity contribution < 1.29 is 21.9 Å². The average Bonchev–Trinajstić information content (AvgIpc) is 2.61. The number of pyridine rings is 1. The molecule has 1 fully saturated rings. The molecule has 0 saturated carbocycles. The summed E-state index contributed by atoms with van der Waals surface area (Å²) in [5, 5.41) is 9.77. The predicted octanol–water partition coefficient (Wildman–Crippen LogP) is 0.424. The van der Waals surface area contributed by atoms with E-state index in [2.05, 4.69) is 4.72 Å². The van der Waals surface area contributed by atoms with Crippen LogP contribution in [0.25, 0.3) is 0 Å². The molecule has 3 rings (SSSR count). The van der Waals surface area contributed by atoms with E-state index in [4.69, 9.17) is 0 Å². The highest BCUT2D eigenvalue weighted by atomic mass is 32.2. The highest BCUT2D eigenvalue weighted by Crippen LogP contribution is 2.28. The van der Waals surface area contributed by atoms with E-state index < -0.39 is 25.6 Å². The molecule has 0 aliphatic carbocycles. The van der Waals surface area contributed by atoms with Gasteiger partial charge in [0.2, 0.25) is 10.0 Å². The van der Waals surface area contributed by atoms with Gasteiger partial charge in [-0.15, -0.1) is 0 Å². The van der Waals surface area contributed by atoms with E-state index >= 15 is 0 Å². The highest BCUT2D eigenvalue weighted by molar-refractivity contribution is 7.93. The zero-order valence-electron chi connectivity index (χ0n) is 15.4. The minimum Gasteiger partial charge on any atom is -0.387 e. The van der Waals surface area contributed by atoms with Gasteiger partial charge in [-0.2, -0.15) is 4.31 Å². The summed E-state index contributed by atoms with van der Waals surface area (Å²) in [5.74, 6) is 0. The molecule has 0 bridgehead atoms. The number of anilines is 1. The molecule has 11 heteroatoms. The Kier molecular flexibility index (Phi) is 5.13. The number of aryl methyl sites for hydroxylation is 1. The summed E-state index contributed by atoms with van der Waals surface area (Å²) in [6.07, 6.45) is 1.38. The molecule has 0 spiro atoms. The van der Waals surface area contributed by atoms with Crippen LogP contribution in [0.15, 0.2) is 57.2 Å². The summed E-state index contributed by atoms with van der Waals surface area (Å²) in [6.45, 7) is 3.55. The van der Waals surface area contributed by atoms with Gasteiger partial charge in [-0.05, 0) is 38.1 Å². The molecule has 9 nitrogen and oxygen atoms in total. The fourth-order valence-electron chi connectivity index (χ4n) is 2.89. The number of benzene rings is 1. The smallest absolute Gasteiger partial charge is 0.261 e. The van der Waals surface area contributed by atoms with Crippen molar-refractivity contribution in [2.75, 3.05) is 17.8 Å². The lowest BCUT2D eigenvalue weighted by Crippen LogP contribution is -2.61. The summed E-state index contributed by atoms with van der Waals surface area (Å²) >= 11 is 0. The first-order valence-corrected chi connectivity index (χ1v) is 11.4. The second-order valence-electron chi connectivity index (χ2n) is 6.89. The second kappa shape index (κ2) is 6.99. The molecule has 1 aromatic carbocycles. The van der Waals surface area contributed by atoms with E-state index in [1.165, 1.54) is 48.0 Å². The van der Waals surface area contributed by atoms with Crippen LogP contribution in [0.5, 0.6) is 0 Å². The summed E-state index contributed by atoms with van der Waals surface area (Å²) in [6, 6.07) is 7.59. The van der Waals surface area contributed by atoms with E-state index in [0.29, 0.717) is 6.54 Å². The molecular weight excluding hydrogens is 406 g/mol. The maximum absolute atomic E-state index is 12.7. The first-order chi connectivity index (χ1) is 12.9. The number of nitrogens with one attached hydrogen (secondary N) is 1. The molecule has 0 amide bonds. The van der Waals surface area contributed by atoms with Gasteiger partial charge in [0.25, 0.3) is 15.6 Å². The molecule has 1 aromatic heterocycles. The minimum atomic E-state index is -4.07. The van der Waals surface area contributed by atoms with Crippen molar-refractivity contribution in [2.24, 2.45) is 0 Å². The Morgan fingerprint density at radius 3 is 2.36 bits per heavy atom. The summed E-state index contributed by atoms with van der Waals surface area (Å²) in [7, 11) is -7.98. The van der Waals surface area contributed by atoms with E-state index in [1.807, 2.05) is 0 Å². The Bertz CT molecular complexity index is 1160. The van der Waals surface area contributed by atoms with Crippen LogP contribution in [0.4, 0.5) is 5.69 Å². The SMILES string of the molecule is CCn1cc(NS(=O)(=O)c2cccc(S(=O)(=O)N3CC(C)(O)C3)c2)ccc1=O. The molecule has 0 atom stereocenters. The number of aromatic nitrogens is 1. The molecule has 2 heterocycles. The number of nitrogens with zero attached hydrogens (tertiary/aromatic N) is 2. The molecule has 2 N–H and O–H groups in total. The Balaban J connectivity index is 1.90. The van der Waals surface area contributed by atoms with Gasteiger partial charge >= 0.3 is 0 Å². The van der Waals surface area contributed by atoms with Gasteiger partial charge in [0.15, 0.2) is 0 Å². The standard InChI is InChI=1S/C17H21N3O6S2/c1-3-19-10-13(7-8-16(19)21)18-27(23,24)14-5-4-6-15(9-14)28(25,26)20-11-17(2,22)12-20/h4-10,18,22H,3,11-12H2,1-2H3. The van der Waals surface area contributed by atoms with E-state index in [9.17, 15) is 26.7 Å². The van der Waals surface area contributed by atoms with Crippen LogP contribution in [0, 0.1) is 0 Å². The van der Waals surface area contributed by atoms with Crippen LogP contribution in [0.3, 0.4) is 0 Å². The number of aliphatic hydroxyl groups is 1. The maximum Gasteiger partial charge on any atom is 0.261 e. The van der Waals surface area contributed by atoms with Crippen molar-refractivity contribution in [3.63, 3.8) is 0 Å². The van der Waals surface area contributed by atoms with Crippen LogP contribution < -0.4 is 10.3 Å². The van der Waals surface area contributed by atoms with E-state index in [-0.39, 0.29) is 34.1 Å². The molecule has 1 aliphatic rings. The summed E-state index contributed by atoms with van der Waals surface area (Å²) < 4.78 is 55.4. The quantitative estimate of drug-likeness (QED) is 0.688. The summed E-state index contributed by atoms with van der Waals surface area (Å²) in [5.41, 5.74) is -1.15. The van der Waals surface area contributed by atoms with E-state index in [1.54, 1.807) is 6.92 Å². The topological polar surface area (TPSA) is 126 Å². The van der Waals surface area contributed by atoms with Gasteiger partial charge in [0, 0.05) is 31.9 Å². The van der Waals surface area contributed by atoms with Crippen molar-refractivity contribution in [2.45, 2.75) is 35.8 Å². The Hall–Kier alpha value is -2.21. The van der Waals surface area contributed by atoms with Crippen molar-refractivity contribution in [1.29, 1.82) is 0 Å². The van der Waals surface area contributed by atoms with Crippen molar-refractivity contribution in [3.8, 4) is 0 Å². The first kappa shape index (κ1) is 20.5. The molecule has 1 saturated heterocycles. The number of β-amino-alcohol motifs (C(OH)–C–C–N with tert-alkyl or cyclic N) is 1. The fourth-order valence-corrected chi connectivity index (χ4v) is 5.77. The van der Waals surface area contributed by atoms with Crippen molar-refractivity contribution in [3.05, 3.63) is 52.9 Å². The number of hydrogen-bond donors (Lipinski definition) is 2. The van der Waals surface area contributed by atoms with Gasteiger partial charge in [0.05, 0.1) is 21.1 Å². The van der Waals surface area contributed by atoms with Gasteiger partial charge in [-0.3, -0.25) is 9.52 Å². The Morgan fingerprint density at radius 2 is 1.75 bits per heavy atom. The summed E-state index contributed by atoms with van der Waals surface area (Å²) in [4.78, 5) is 11.2. The highest BCUT2D eigenvalue weighted by Gasteiger charge is 2.44. The number of hydrogen-bond acceptors (Lipinski definition) is 6. The van der Waals surface area contributed by atoms with Crippen molar-refractivity contribution >= 4 is 25.7 Å². The van der Waals surface area contributed by atoms with Crippen LogP contribution in [0.1, 0.15) is 13.8 Å². The van der Waals surface area contributed by atoms with Crippen LogP contribution >= 0.6 is 0 Å². The Labute approximate surface area is 163 Å². The molecule has 152 valence electrons. The fraction of sp³-hybridized carbons (Fsp3) is 0.353. The lowest BCUT2D eigenvalue weighted by Gasteiger charge is -2.42. The monoisotopic (exact) mass is 427 g/mol. The zero-order chi connectivity index (χ0) is 20.7. The van der Waals surface area contributed by atoms with Gasteiger partial charge in [0.1, 0.15) is 0 Å². The zero-order valence-corrected chi connectivity index (χ0v) is 17.0. The lowest BCUT2D eigenvalue weighted by molar-refractivity contribution is -0.0426. The molecule has 2 aromatic rings. The van der Waals surface area contributed by atoms with Crippen LogP contribution in [-0.4, -0.2) is 49.5 Å². The van der Waals surface area contributed by atoms with Crippen LogP contribution in [0.2, 0.25) is 0 Å². The minimum absolute atomic E-state index is 0.0525. The molecule has 0 radical (unpaired) electrons. The third-order valence-corrected chi connectivity index (χ3v) is 7.53. The maximum atomic E-state index is 12.7. The molecular formula is C17H21N3O6S2. The molecule has 0 unspecified atom stereocenters. The third kappa shape index (κ3) is 3.97. The first-order valence-electron chi connectivity index (χ1n) is 8.50. The molecule has 1 aliphatic heterocycles. The van der Waals surface area contributed by atoms with Gasteiger partial charge < -0.3 is 9.67 Å². The van der Waals surface area contributed by atoms with Crippen LogP contribution in [-0.2, 0) is 26.6 Å². The number of rotatable bonds is 6. The third-order valence-electron chi connectivity index (χ3n) is 4.36. The van der Waals surface area contributed by atoms with Gasteiger partial charge in [-0.1, -0.05) is 6.07 Å². The van der Waals surface area contributed by atoms with Gasteiger partial charge in [-0.25, -0.2) is 16.8 Å². The van der Waals surface area contributed by atoms with E-state index in [0.717, 1.165) is 10.4 Å². The lowest BCUT2D eigenvalue weighted by atomic mass is 10.0.